The topological polar surface area (TPSA) is 67.4 Å². The Bertz CT molecular complexity index is 873. The van der Waals surface area contributed by atoms with Gasteiger partial charge in [0.25, 0.3) is 0 Å². The van der Waals surface area contributed by atoms with E-state index < -0.39 is 30.3 Å². The predicted octanol–water partition coefficient (Wildman–Crippen LogP) is 3.73. The molecule has 8 heteroatoms. The van der Waals surface area contributed by atoms with E-state index in [0.29, 0.717) is 11.1 Å². The number of halogens is 3. The van der Waals surface area contributed by atoms with Crippen molar-refractivity contribution >= 4 is 17.5 Å². The van der Waals surface area contributed by atoms with Crippen molar-refractivity contribution in [1.82, 2.24) is 5.32 Å². The minimum Gasteiger partial charge on any atom is -0.435 e. The first-order chi connectivity index (χ1) is 12.8. The zero-order valence-electron chi connectivity index (χ0n) is 14.3. The summed E-state index contributed by atoms with van der Waals surface area (Å²) in [6.45, 7) is -1.25. The first-order valence-electron chi connectivity index (χ1n) is 8.28. The van der Waals surface area contributed by atoms with Gasteiger partial charge in [0.05, 0.1) is 12.0 Å². The first kappa shape index (κ1) is 18.8. The molecule has 2 N–H and O–H groups in total. The molecule has 2 unspecified atom stereocenters. The van der Waals surface area contributed by atoms with Crippen molar-refractivity contribution in [2.45, 2.75) is 31.9 Å². The molecule has 1 heterocycles. The number of ether oxygens (including phenoxy) is 1. The van der Waals surface area contributed by atoms with E-state index in [0.717, 1.165) is 0 Å². The molecule has 0 radical (unpaired) electrons. The van der Waals surface area contributed by atoms with Crippen LogP contribution in [0, 0.1) is 5.82 Å². The van der Waals surface area contributed by atoms with Crippen molar-refractivity contribution in [3.8, 4) is 5.75 Å². The second kappa shape index (κ2) is 7.69. The van der Waals surface area contributed by atoms with E-state index in [1.54, 1.807) is 19.1 Å². The number of anilines is 1. The maximum atomic E-state index is 13.4. The summed E-state index contributed by atoms with van der Waals surface area (Å²) in [6.07, 6.45) is -0.0638. The Kier molecular flexibility index (Phi) is 5.34. The minimum atomic E-state index is -2.94. The maximum absolute atomic E-state index is 13.4. The number of benzene rings is 2. The van der Waals surface area contributed by atoms with Crippen LogP contribution in [0.15, 0.2) is 42.5 Å². The Morgan fingerprint density at radius 1 is 1.26 bits per heavy atom. The predicted molar refractivity (Wildman–Crippen MR) is 92.0 cm³/mol. The van der Waals surface area contributed by atoms with Crippen LogP contribution in [-0.2, 0) is 9.59 Å². The molecule has 3 rings (SSSR count). The molecule has 1 aliphatic heterocycles. The second-order valence-corrected chi connectivity index (χ2v) is 6.22. The number of carbonyl (C=O) groups excluding carboxylic acids is 2. The van der Waals surface area contributed by atoms with Crippen molar-refractivity contribution in [2.24, 2.45) is 0 Å². The Morgan fingerprint density at radius 2 is 2.04 bits per heavy atom. The summed E-state index contributed by atoms with van der Waals surface area (Å²) in [5.41, 5.74) is 1.36. The lowest BCUT2D eigenvalue weighted by atomic mass is 9.89. The molecule has 142 valence electrons. The molecule has 1 aliphatic rings. The van der Waals surface area contributed by atoms with E-state index in [1.807, 2.05) is 0 Å². The van der Waals surface area contributed by atoms with Gasteiger partial charge in [-0.1, -0.05) is 18.2 Å². The van der Waals surface area contributed by atoms with Crippen LogP contribution >= 0.6 is 0 Å². The van der Waals surface area contributed by atoms with Gasteiger partial charge in [-0.2, -0.15) is 8.78 Å². The molecule has 27 heavy (non-hydrogen) atoms. The summed E-state index contributed by atoms with van der Waals surface area (Å²) in [5, 5.41) is 5.32. The third-order valence-corrected chi connectivity index (χ3v) is 4.31. The van der Waals surface area contributed by atoms with Crippen LogP contribution in [0.5, 0.6) is 5.75 Å². The molecule has 0 bridgehead atoms. The maximum Gasteiger partial charge on any atom is 0.387 e. The monoisotopic (exact) mass is 378 g/mol. The molecule has 0 saturated heterocycles. The molecule has 2 amide bonds. The number of rotatable bonds is 5. The number of alkyl halides is 2. The molecular formula is C19H17F3N2O3. The summed E-state index contributed by atoms with van der Waals surface area (Å²) in [6, 6.07) is 9.37. The average molecular weight is 378 g/mol. The molecule has 2 aromatic rings. The van der Waals surface area contributed by atoms with Crippen molar-refractivity contribution < 1.29 is 27.5 Å². The normalized spacial score (nSPS) is 17.1. The molecule has 2 atom stereocenters. The zero-order valence-corrected chi connectivity index (χ0v) is 14.3. The third-order valence-electron chi connectivity index (χ3n) is 4.31. The van der Waals surface area contributed by atoms with Gasteiger partial charge in [0, 0.05) is 12.1 Å². The van der Waals surface area contributed by atoms with Crippen LogP contribution in [0.4, 0.5) is 18.9 Å². The highest BCUT2D eigenvalue weighted by atomic mass is 19.3. The largest absolute Gasteiger partial charge is 0.435 e. The molecule has 0 fully saturated rings. The Morgan fingerprint density at radius 3 is 2.78 bits per heavy atom. The molecule has 0 aliphatic carbocycles. The smallest absolute Gasteiger partial charge is 0.387 e. The van der Waals surface area contributed by atoms with Gasteiger partial charge in [-0.15, -0.1) is 0 Å². The number of amides is 2. The fourth-order valence-electron chi connectivity index (χ4n) is 3.03. The summed E-state index contributed by atoms with van der Waals surface area (Å²) in [5.74, 6) is -2.09. The van der Waals surface area contributed by atoms with Crippen molar-refractivity contribution in [2.75, 3.05) is 5.32 Å². The van der Waals surface area contributed by atoms with Crippen molar-refractivity contribution in [3.63, 3.8) is 0 Å². The number of carbonyl (C=O) groups is 2. The molecule has 2 aromatic carbocycles. The van der Waals surface area contributed by atoms with Gasteiger partial charge >= 0.3 is 6.61 Å². The summed E-state index contributed by atoms with van der Waals surface area (Å²) in [4.78, 5) is 24.6. The first-order valence-corrected chi connectivity index (χ1v) is 8.28. The van der Waals surface area contributed by atoms with E-state index in [1.165, 1.54) is 30.3 Å². The standard InChI is InChI=1S/C19H17F3N2O3/c1-10(11-3-2-4-13(7-11)27-19(21)22)23-18(26)15-9-17(25)24-16-8-12(20)5-6-14(15)16/h2-8,10,15,19H,9H2,1H3,(H,23,26)(H,24,25). The molecule has 0 saturated carbocycles. The Balaban J connectivity index is 1.77. The van der Waals surface area contributed by atoms with E-state index in [4.69, 9.17) is 0 Å². The van der Waals surface area contributed by atoms with Gasteiger partial charge in [-0.25, -0.2) is 4.39 Å². The van der Waals surface area contributed by atoms with Crippen molar-refractivity contribution in [3.05, 3.63) is 59.4 Å². The lowest BCUT2D eigenvalue weighted by molar-refractivity contribution is -0.126. The van der Waals surface area contributed by atoms with Crippen LogP contribution < -0.4 is 15.4 Å². The Hall–Kier alpha value is -3.03. The molecule has 5 nitrogen and oxygen atoms in total. The van der Waals surface area contributed by atoms with Gasteiger partial charge in [-0.05, 0) is 42.3 Å². The summed E-state index contributed by atoms with van der Waals surface area (Å²) in [7, 11) is 0. The van der Waals surface area contributed by atoms with E-state index in [-0.39, 0.29) is 23.8 Å². The van der Waals surface area contributed by atoms with Crippen LogP contribution in [0.3, 0.4) is 0 Å². The zero-order chi connectivity index (χ0) is 19.6. The van der Waals surface area contributed by atoms with E-state index in [9.17, 15) is 22.8 Å². The van der Waals surface area contributed by atoms with Crippen LogP contribution in [-0.4, -0.2) is 18.4 Å². The lowest BCUT2D eigenvalue weighted by Crippen LogP contribution is -2.36. The van der Waals surface area contributed by atoms with Crippen molar-refractivity contribution in [1.29, 1.82) is 0 Å². The highest BCUT2D eigenvalue weighted by Gasteiger charge is 2.31. The lowest BCUT2D eigenvalue weighted by Gasteiger charge is -2.26. The van der Waals surface area contributed by atoms with Gasteiger partial charge in [0.15, 0.2) is 0 Å². The second-order valence-electron chi connectivity index (χ2n) is 6.22. The number of hydrogen-bond acceptors (Lipinski definition) is 3. The summed E-state index contributed by atoms with van der Waals surface area (Å²) >= 11 is 0. The van der Waals surface area contributed by atoms with E-state index in [2.05, 4.69) is 15.4 Å². The Labute approximate surface area is 153 Å². The molecule has 0 aromatic heterocycles. The highest BCUT2D eigenvalue weighted by Crippen LogP contribution is 2.33. The van der Waals surface area contributed by atoms with Crippen LogP contribution in [0.2, 0.25) is 0 Å². The molecule has 0 spiro atoms. The SMILES string of the molecule is CC(NC(=O)C1CC(=O)Nc2cc(F)ccc21)c1cccc(OC(F)F)c1. The highest BCUT2D eigenvalue weighted by molar-refractivity contribution is 6.01. The fourth-order valence-corrected chi connectivity index (χ4v) is 3.03. The minimum absolute atomic E-state index is 0.0125. The number of hydrogen-bond donors (Lipinski definition) is 2. The van der Waals surface area contributed by atoms with E-state index >= 15 is 0 Å². The van der Waals surface area contributed by atoms with Gasteiger partial charge in [0.2, 0.25) is 11.8 Å². The number of fused-ring (bicyclic) bond motifs is 1. The van der Waals surface area contributed by atoms with Crippen LogP contribution in [0.1, 0.15) is 36.4 Å². The van der Waals surface area contributed by atoms with Gasteiger partial charge in [-0.3, -0.25) is 9.59 Å². The van der Waals surface area contributed by atoms with Crippen LogP contribution in [0.25, 0.3) is 0 Å². The fraction of sp³-hybridized carbons (Fsp3) is 0.263. The third kappa shape index (κ3) is 4.39. The molecular weight excluding hydrogens is 361 g/mol. The summed E-state index contributed by atoms with van der Waals surface area (Å²) < 4.78 is 42.5. The van der Waals surface area contributed by atoms with Gasteiger partial charge in [0.1, 0.15) is 11.6 Å². The quantitative estimate of drug-likeness (QED) is 0.833. The number of nitrogens with one attached hydrogen (secondary N) is 2. The average Bonchev–Trinajstić information content (AvgIpc) is 2.60. The van der Waals surface area contributed by atoms with Gasteiger partial charge < -0.3 is 15.4 Å².